The van der Waals surface area contributed by atoms with Gasteiger partial charge in [-0.1, -0.05) is 42.8 Å². The standard InChI is InChI=1S/C18H19ClN2O3/c1-3-13-6-8-14(9-7-13)12(2)21-16(22)11-24-18(23)15-5-4-10-20-17(15)19/h4-10,12H,3,11H2,1-2H3,(H,21,22)/t12-/m1/s1. The Balaban J connectivity index is 1.86. The van der Waals surface area contributed by atoms with E-state index in [2.05, 4.69) is 17.2 Å². The lowest BCUT2D eigenvalue weighted by molar-refractivity contribution is -0.124. The first-order valence-electron chi connectivity index (χ1n) is 7.67. The Bertz CT molecular complexity index is 716. The monoisotopic (exact) mass is 346 g/mol. The van der Waals surface area contributed by atoms with Crippen LogP contribution in [0.15, 0.2) is 42.6 Å². The number of halogens is 1. The molecule has 0 bridgehead atoms. The zero-order chi connectivity index (χ0) is 17.5. The number of pyridine rings is 1. The van der Waals surface area contributed by atoms with Gasteiger partial charge in [0.15, 0.2) is 6.61 Å². The van der Waals surface area contributed by atoms with Gasteiger partial charge in [0.05, 0.1) is 11.6 Å². The average Bonchev–Trinajstić information content (AvgIpc) is 2.60. The molecule has 1 N–H and O–H groups in total. The highest BCUT2D eigenvalue weighted by molar-refractivity contribution is 6.32. The van der Waals surface area contributed by atoms with Gasteiger partial charge in [-0.2, -0.15) is 0 Å². The van der Waals surface area contributed by atoms with Crippen LogP contribution in [0.2, 0.25) is 5.15 Å². The molecule has 2 rings (SSSR count). The first kappa shape index (κ1) is 17.9. The Morgan fingerprint density at radius 3 is 2.58 bits per heavy atom. The predicted octanol–water partition coefficient (Wildman–Crippen LogP) is 3.33. The minimum atomic E-state index is -0.678. The number of benzene rings is 1. The van der Waals surface area contributed by atoms with Crippen LogP contribution < -0.4 is 5.32 Å². The first-order chi connectivity index (χ1) is 11.5. The van der Waals surface area contributed by atoms with E-state index in [0.717, 1.165) is 12.0 Å². The Hall–Kier alpha value is -2.40. The average molecular weight is 347 g/mol. The fourth-order valence-corrected chi connectivity index (χ4v) is 2.35. The van der Waals surface area contributed by atoms with Crippen molar-refractivity contribution in [1.29, 1.82) is 0 Å². The summed E-state index contributed by atoms with van der Waals surface area (Å²) in [5.41, 5.74) is 2.36. The minimum absolute atomic E-state index is 0.0484. The van der Waals surface area contributed by atoms with Gasteiger partial charge < -0.3 is 10.1 Å². The summed E-state index contributed by atoms with van der Waals surface area (Å²) in [5.74, 6) is -1.06. The Kier molecular flexibility index (Phi) is 6.32. The zero-order valence-corrected chi connectivity index (χ0v) is 14.3. The van der Waals surface area contributed by atoms with Crippen LogP contribution >= 0.6 is 11.6 Å². The fraction of sp³-hybridized carbons (Fsp3) is 0.278. The van der Waals surface area contributed by atoms with E-state index in [1.54, 1.807) is 6.07 Å². The molecule has 1 aromatic carbocycles. The summed E-state index contributed by atoms with van der Waals surface area (Å²) in [7, 11) is 0. The third-order valence-electron chi connectivity index (χ3n) is 3.58. The SMILES string of the molecule is CCc1ccc([C@@H](C)NC(=O)COC(=O)c2cccnc2Cl)cc1. The van der Waals surface area contributed by atoms with Crippen molar-refractivity contribution >= 4 is 23.5 Å². The van der Waals surface area contributed by atoms with Crippen molar-refractivity contribution < 1.29 is 14.3 Å². The molecule has 1 atom stereocenters. The van der Waals surface area contributed by atoms with Crippen LogP contribution in [0.1, 0.15) is 41.4 Å². The largest absolute Gasteiger partial charge is 0.452 e. The van der Waals surface area contributed by atoms with E-state index in [1.165, 1.54) is 17.8 Å². The number of carbonyl (C=O) groups excluding carboxylic acids is 2. The van der Waals surface area contributed by atoms with Crippen molar-refractivity contribution in [1.82, 2.24) is 10.3 Å². The van der Waals surface area contributed by atoms with Crippen LogP contribution in [0, 0.1) is 0 Å². The van der Waals surface area contributed by atoms with Crippen LogP contribution in [0.3, 0.4) is 0 Å². The Morgan fingerprint density at radius 1 is 1.25 bits per heavy atom. The van der Waals surface area contributed by atoms with Crippen molar-refractivity contribution in [3.63, 3.8) is 0 Å². The molecule has 0 saturated carbocycles. The molecule has 0 aliphatic heterocycles. The van der Waals surface area contributed by atoms with Crippen LogP contribution in [-0.4, -0.2) is 23.5 Å². The van der Waals surface area contributed by atoms with Gasteiger partial charge in [-0.15, -0.1) is 0 Å². The molecule has 0 aliphatic rings. The van der Waals surface area contributed by atoms with Crippen molar-refractivity contribution in [3.8, 4) is 0 Å². The highest BCUT2D eigenvalue weighted by Gasteiger charge is 2.15. The number of hydrogen-bond donors (Lipinski definition) is 1. The van der Waals surface area contributed by atoms with Crippen LogP contribution in [0.4, 0.5) is 0 Å². The molecule has 0 spiro atoms. The molecule has 6 heteroatoms. The van der Waals surface area contributed by atoms with Crippen LogP contribution in [0.5, 0.6) is 0 Å². The summed E-state index contributed by atoms with van der Waals surface area (Å²) in [6, 6.07) is 10.9. The molecular weight excluding hydrogens is 328 g/mol. The Labute approximate surface area is 146 Å². The normalized spacial score (nSPS) is 11.6. The Morgan fingerprint density at radius 2 is 1.96 bits per heavy atom. The maximum Gasteiger partial charge on any atom is 0.341 e. The van der Waals surface area contributed by atoms with E-state index in [1.807, 2.05) is 31.2 Å². The minimum Gasteiger partial charge on any atom is -0.452 e. The van der Waals surface area contributed by atoms with E-state index >= 15 is 0 Å². The number of hydrogen-bond acceptors (Lipinski definition) is 4. The van der Waals surface area contributed by atoms with Crippen molar-refractivity contribution in [2.24, 2.45) is 0 Å². The highest BCUT2D eigenvalue weighted by Crippen LogP contribution is 2.14. The fourth-order valence-electron chi connectivity index (χ4n) is 2.16. The van der Waals surface area contributed by atoms with E-state index in [4.69, 9.17) is 16.3 Å². The smallest absolute Gasteiger partial charge is 0.341 e. The first-order valence-corrected chi connectivity index (χ1v) is 8.05. The molecule has 0 fully saturated rings. The second kappa shape index (κ2) is 8.45. The lowest BCUT2D eigenvalue weighted by Crippen LogP contribution is -2.31. The lowest BCUT2D eigenvalue weighted by atomic mass is 10.1. The zero-order valence-electron chi connectivity index (χ0n) is 13.6. The second-order valence-electron chi connectivity index (χ2n) is 5.30. The van der Waals surface area contributed by atoms with Gasteiger partial charge in [0, 0.05) is 6.20 Å². The quantitative estimate of drug-likeness (QED) is 0.643. The van der Waals surface area contributed by atoms with Gasteiger partial charge in [-0.05, 0) is 36.6 Å². The van der Waals surface area contributed by atoms with E-state index in [0.29, 0.717) is 0 Å². The van der Waals surface area contributed by atoms with E-state index in [9.17, 15) is 9.59 Å². The number of carbonyl (C=O) groups is 2. The van der Waals surface area contributed by atoms with Crippen molar-refractivity contribution in [2.75, 3.05) is 6.61 Å². The topological polar surface area (TPSA) is 68.3 Å². The number of rotatable bonds is 6. The van der Waals surface area contributed by atoms with Gasteiger partial charge in [0.2, 0.25) is 0 Å². The van der Waals surface area contributed by atoms with Gasteiger partial charge in [-0.3, -0.25) is 4.79 Å². The maximum absolute atomic E-state index is 11.9. The summed E-state index contributed by atoms with van der Waals surface area (Å²) in [6.07, 6.45) is 2.44. The number of esters is 1. The second-order valence-corrected chi connectivity index (χ2v) is 5.66. The molecule has 1 amide bonds. The van der Waals surface area contributed by atoms with E-state index in [-0.39, 0.29) is 29.3 Å². The molecule has 1 heterocycles. The lowest BCUT2D eigenvalue weighted by Gasteiger charge is -2.15. The number of nitrogens with zero attached hydrogens (tertiary/aromatic N) is 1. The molecule has 24 heavy (non-hydrogen) atoms. The molecular formula is C18H19ClN2O3. The van der Waals surface area contributed by atoms with Gasteiger partial charge in [0.25, 0.3) is 5.91 Å². The summed E-state index contributed by atoms with van der Waals surface area (Å²) in [4.78, 5) is 27.6. The van der Waals surface area contributed by atoms with Crippen LogP contribution in [0.25, 0.3) is 0 Å². The summed E-state index contributed by atoms with van der Waals surface area (Å²) in [5, 5.41) is 2.84. The highest BCUT2D eigenvalue weighted by atomic mass is 35.5. The van der Waals surface area contributed by atoms with E-state index < -0.39 is 5.97 Å². The molecule has 0 radical (unpaired) electrons. The van der Waals surface area contributed by atoms with Crippen molar-refractivity contribution in [3.05, 3.63) is 64.4 Å². The number of aryl methyl sites for hydroxylation is 1. The molecule has 1 aromatic heterocycles. The van der Waals surface area contributed by atoms with Crippen molar-refractivity contribution in [2.45, 2.75) is 26.3 Å². The number of nitrogens with one attached hydrogen (secondary N) is 1. The van der Waals surface area contributed by atoms with Gasteiger partial charge >= 0.3 is 5.97 Å². The molecule has 2 aromatic rings. The molecule has 0 unspecified atom stereocenters. The number of ether oxygens (including phenoxy) is 1. The third-order valence-corrected chi connectivity index (χ3v) is 3.88. The number of aromatic nitrogens is 1. The summed E-state index contributed by atoms with van der Waals surface area (Å²) >= 11 is 5.81. The summed E-state index contributed by atoms with van der Waals surface area (Å²) in [6.45, 7) is 3.59. The van der Waals surface area contributed by atoms with Crippen LogP contribution in [-0.2, 0) is 16.0 Å². The maximum atomic E-state index is 11.9. The molecule has 0 aliphatic carbocycles. The number of amides is 1. The third kappa shape index (κ3) is 4.80. The van der Waals surface area contributed by atoms with Gasteiger partial charge in [0.1, 0.15) is 5.15 Å². The summed E-state index contributed by atoms with van der Waals surface area (Å²) < 4.78 is 4.97. The molecule has 5 nitrogen and oxygen atoms in total. The molecule has 0 saturated heterocycles. The van der Waals surface area contributed by atoms with Gasteiger partial charge in [-0.25, -0.2) is 9.78 Å². The predicted molar refractivity (Wildman–Crippen MR) is 91.9 cm³/mol. The molecule has 126 valence electrons.